The second-order valence-corrected chi connectivity index (χ2v) is 4.92. The summed E-state index contributed by atoms with van der Waals surface area (Å²) in [7, 11) is 0. The summed E-state index contributed by atoms with van der Waals surface area (Å²) in [4.78, 5) is 35.5. The van der Waals surface area contributed by atoms with E-state index < -0.39 is 28.3 Å². The van der Waals surface area contributed by atoms with E-state index in [1.807, 2.05) is 0 Å². The Kier molecular flexibility index (Phi) is 4.77. The number of nitro groups is 1. The molecule has 132 valence electrons. The van der Waals surface area contributed by atoms with Crippen molar-refractivity contribution in [1.29, 1.82) is 0 Å². The number of carbonyl (C=O) groups is 2. The van der Waals surface area contributed by atoms with Gasteiger partial charge in [-0.3, -0.25) is 30.6 Å². The van der Waals surface area contributed by atoms with Gasteiger partial charge < -0.3 is 4.98 Å². The Morgan fingerprint density at radius 3 is 2.44 bits per heavy atom. The van der Waals surface area contributed by atoms with E-state index in [-0.39, 0.29) is 22.7 Å². The maximum atomic E-state index is 12.6. The number of H-pyrrole nitrogens is 1. The molecule has 0 radical (unpaired) electrons. The lowest BCUT2D eigenvalue weighted by Crippen LogP contribution is -2.30. The van der Waals surface area contributed by atoms with E-state index in [4.69, 9.17) is 0 Å². The predicted molar refractivity (Wildman–Crippen MR) is 80.0 cm³/mol. The van der Waals surface area contributed by atoms with Gasteiger partial charge in [-0.05, 0) is 25.1 Å². The number of amides is 1. The number of anilines is 1. The summed E-state index contributed by atoms with van der Waals surface area (Å²) in [5.74, 6) is -1.04. The highest BCUT2D eigenvalue weighted by Crippen LogP contribution is 2.34. The molecular formula is C14H11F3N4O4. The monoisotopic (exact) mass is 356 g/mol. The van der Waals surface area contributed by atoms with Gasteiger partial charge in [0.05, 0.1) is 10.5 Å². The number of nitrogens with zero attached hydrogens (tertiary/aromatic N) is 1. The van der Waals surface area contributed by atoms with Crippen LogP contribution in [0, 0.1) is 10.1 Å². The van der Waals surface area contributed by atoms with Crippen molar-refractivity contribution in [1.82, 2.24) is 10.4 Å². The maximum absolute atomic E-state index is 12.6. The summed E-state index contributed by atoms with van der Waals surface area (Å²) in [5, 5.41) is 10.9. The number of hydrogen-bond acceptors (Lipinski definition) is 5. The van der Waals surface area contributed by atoms with Crippen LogP contribution in [0.3, 0.4) is 0 Å². The van der Waals surface area contributed by atoms with Crippen LogP contribution in [0.25, 0.3) is 0 Å². The van der Waals surface area contributed by atoms with Crippen LogP contribution in [0.1, 0.15) is 33.3 Å². The normalized spacial score (nSPS) is 11.0. The molecule has 0 spiro atoms. The lowest BCUT2D eigenvalue weighted by Gasteiger charge is -2.11. The zero-order chi connectivity index (χ0) is 18.8. The van der Waals surface area contributed by atoms with E-state index in [1.165, 1.54) is 19.2 Å². The first kappa shape index (κ1) is 18.0. The Bertz CT molecular complexity index is 845. The number of nitrogens with one attached hydrogen (secondary N) is 3. The Hall–Kier alpha value is -3.37. The number of carbonyl (C=O) groups excluding carboxylic acids is 2. The van der Waals surface area contributed by atoms with Crippen molar-refractivity contribution >= 4 is 23.1 Å². The van der Waals surface area contributed by atoms with Crippen LogP contribution < -0.4 is 10.9 Å². The first-order valence-corrected chi connectivity index (χ1v) is 6.71. The van der Waals surface area contributed by atoms with Crippen LogP contribution in [0.15, 0.2) is 30.5 Å². The smallest absolute Gasteiger partial charge is 0.356 e. The van der Waals surface area contributed by atoms with Crippen LogP contribution >= 0.6 is 0 Å². The Labute approximate surface area is 138 Å². The van der Waals surface area contributed by atoms with Gasteiger partial charge in [0.2, 0.25) is 0 Å². The molecule has 0 saturated heterocycles. The average Bonchev–Trinajstić information content (AvgIpc) is 3.01. The van der Waals surface area contributed by atoms with Gasteiger partial charge in [-0.2, -0.15) is 13.2 Å². The molecule has 0 unspecified atom stereocenters. The molecule has 2 aromatic rings. The molecule has 25 heavy (non-hydrogen) atoms. The largest absolute Gasteiger partial charge is 0.416 e. The molecule has 3 N–H and O–H groups in total. The van der Waals surface area contributed by atoms with E-state index in [9.17, 15) is 32.9 Å². The molecule has 2 rings (SSSR count). The van der Waals surface area contributed by atoms with Crippen LogP contribution in [0.4, 0.5) is 24.5 Å². The third-order valence-corrected chi connectivity index (χ3v) is 3.17. The van der Waals surface area contributed by atoms with Crippen LogP contribution in [0.5, 0.6) is 0 Å². The number of nitro benzene ring substituents is 1. The number of hydrazine groups is 1. The first-order chi connectivity index (χ1) is 11.6. The minimum Gasteiger partial charge on any atom is -0.356 e. The summed E-state index contributed by atoms with van der Waals surface area (Å²) < 4.78 is 37.9. The fraction of sp³-hybridized carbons (Fsp3) is 0.143. The molecular weight excluding hydrogens is 345 g/mol. The quantitative estimate of drug-likeness (QED) is 0.433. The second kappa shape index (κ2) is 6.63. The molecule has 1 heterocycles. The van der Waals surface area contributed by atoms with Crippen LogP contribution in [-0.4, -0.2) is 21.6 Å². The number of halogens is 3. The maximum Gasteiger partial charge on any atom is 0.416 e. The van der Waals surface area contributed by atoms with Crippen LogP contribution in [-0.2, 0) is 6.18 Å². The second-order valence-electron chi connectivity index (χ2n) is 4.92. The number of ketones is 1. The van der Waals surface area contributed by atoms with Crippen LogP contribution in [0.2, 0.25) is 0 Å². The highest BCUT2D eigenvalue weighted by molar-refractivity contribution is 5.99. The number of rotatable bonds is 5. The predicted octanol–water partition coefficient (Wildman–Crippen LogP) is 2.90. The fourth-order valence-corrected chi connectivity index (χ4v) is 1.88. The van der Waals surface area contributed by atoms with Gasteiger partial charge in [-0.25, -0.2) is 0 Å². The van der Waals surface area contributed by atoms with Crippen molar-refractivity contribution in [2.75, 3.05) is 5.43 Å². The molecule has 1 amide bonds. The van der Waals surface area contributed by atoms with Crippen molar-refractivity contribution in [3.63, 3.8) is 0 Å². The van der Waals surface area contributed by atoms with E-state index in [0.717, 1.165) is 6.07 Å². The summed E-state index contributed by atoms with van der Waals surface area (Å²) >= 11 is 0. The SMILES string of the molecule is CC(=O)c1c[nH]c(C(=O)NNc2ccc(C(F)(F)F)cc2[N+](=O)[O-])c1. The molecule has 8 nitrogen and oxygen atoms in total. The highest BCUT2D eigenvalue weighted by Gasteiger charge is 2.33. The van der Waals surface area contributed by atoms with Gasteiger partial charge in [0.25, 0.3) is 11.6 Å². The number of Topliss-reactive ketones (excluding diaryl/α,β-unsaturated/α-hetero) is 1. The molecule has 0 saturated carbocycles. The lowest BCUT2D eigenvalue weighted by atomic mass is 10.1. The lowest BCUT2D eigenvalue weighted by molar-refractivity contribution is -0.384. The number of benzene rings is 1. The summed E-state index contributed by atoms with van der Waals surface area (Å²) in [6.07, 6.45) is -3.43. The minimum absolute atomic E-state index is 0.00716. The Morgan fingerprint density at radius 2 is 1.92 bits per heavy atom. The molecule has 0 aliphatic rings. The van der Waals surface area contributed by atoms with Crippen molar-refractivity contribution < 1.29 is 27.7 Å². The third kappa shape index (κ3) is 4.13. The van der Waals surface area contributed by atoms with E-state index in [2.05, 4.69) is 15.8 Å². The van der Waals surface area contributed by atoms with Crippen molar-refractivity contribution in [2.24, 2.45) is 0 Å². The van der Waals surface area contributed by atoms with Gasteiger partial charge in [-0.15, -0.1) is 0 Å². The first-order valence-electron chi connectivity index (χ1n) is 6.71. The van der Waals surface area contributed by atoms with Gasteiger partial charge in [-0.1, -0.05) is 0 Å². The van der Waals surface area contributed by atoms with E-state index >= 15 is 0 Å². The Morgan fingerprint density at radius 1 is 1.24 bits per heavy atom. The van der Waals surface area contributed by atoms with Crippen molar-refractivity contribution in [3.8, 4) is 0 Å². The standard InChI is InChI=1S/C14H11F3N4O4/c1-7(22)8-4-11(18-6-8)13(23)20-19-10-3-2-9(14(15,16)17)5-12(10)21(24)25/h2-6,18-19H,1H3,(H,20,23). The van der Waals surface area contributed by atoms with E-state index in [0.29, 0.717) is 12.1 Å². The van der Waals surface area contributed by atoms with Gasteiger partial charge >= 0.3 is 6.18 Å². The van der Waals surface area contributed by atoms with Crippen molar-refractivity contribution in [3.05, 3.63) is 57.4 Å². The zero-order valence-corrected chi connectivity index (χ0v) is 12.6. The number of aromatic nitrogens is 1. The Balaban J connectivity index is 2.17. The molecule has 1 aromatic heterocycles. The molecule has 0 aliphatic heterocycles. The molecule has 0 bridgehead atoms. The van der Waals surface area contributed by atoms with Gasteiger partial charge in [0, 0.05) is 17.8 Å². The molecule has 1 aromatic carbocycles. The third-order valence-electron chi connectivity index (χ3n) is 3.17. The van der Waals surface area contributed by atoms with Gasteiger partial charge in [0.15, 0.2) is 5.78 Å². The number of aromatic amines is 1. The topological polar surface area (TPSA) is 117 Å². The van der Waals surface area contributed by atoms with Gasteiger partial charge in [0.1, 0.15) is 11.4 Å². The molecule has 0 fully saturated rings. The molecule has 11 heteroatoms. The minimum atomic E-state index is -4.74. The number of alkyl halides is 3. The summed E-state index contributed by atoms with van der Waals surface area (Å²) in [6, 6.07) is 3.10. The summed E-state index contributed by atoms with van der Waals surface area (Å²) in [6.45, 7) is 1.30. The highest BCUT2D eigenvalue weighted by atomic mass is 19.4. The average molecular weight is 356 g/mol. The number of hydrogen-bond donors (Lipinski definition) is 3. The molecule has 0 atom stereocenters. The van der Waals surface area contributed by atoms with E-state index in [1.54, 1.807) is 0 Å². The fourth-order valence-electron chi connectivity index (χ4n) is 1.88. The zero-order valence-electron chi connectivity index (χ0n) is 12.6. The molecule has 0 aliphatic carbocycles. The van der Waals surface area contributed by atoms with Crippen molar-refractivity contribution in [2.45, 2.75) is 13.1 Å². The summed E-state index contributed by atoms with van der Waals surface area (Å²) in [5.41, 5.74) is 2.18.